The van der Waals surface area contributed by atoms with Gasteiger partial charge in [-0.1, -0.05) is 25.1 Å². The number of furan rings is 1. The first-order chi connectivity index (χ1) is 14.8. The maximum Gasteiger partial charge on any atom is 0.307 e. The minimum atomic E-state index is -0.403. The van der Waals surface area contributed by atoms with Gasteiger partial charge in [-0.2, -0.15) is 5.10 Å². The molecule has 2 aromatic carbocycles. The molecule has 6 heteroatoms. The minimum Gasteiger partial charge on any atom is -0.493 e. The standard InChI is InChI=1S/C25H29N3O3/c1-6-28-20-11-10-17(12-19(20)16(2)14-25(28,3)4)15-26-27-24(29)22-13-18-8-7-9-21(30-5)23(18)31-22/h7-13,15-16H,6,14H2,1-5H3,(H,27,29)/b26-15-/t16-/m0/s1. The lowest BCUT2D eigenvalue weighted by Crippen LogP contribution is -2.48. The van der Waals surface area contributed by atoms with Crippen LogP contribution >= 0.6 is 0 Å². The molecule has 1 N–H and O–H groups in total. The summed E-state index contributed by atoms with van der Waals surface area (Å²) < 4.78 is 11.0. The highest BCUT2D eigenvalue weighted by atomic mass is 16.5. The number of hydrogen-bond acceptors (Lipinski definition) is 5. The first-order valence-electron chi connectivity index (χ1n) is 10.7. The maximum absolute atomic E-state index is 12.5. The normalized spacial score (nSPS) is 17.7. The number of rotatable bonds is 5. The number of fused-ring (bicyclic) bond motifs is 2. The number of hydrogen-bond donors (Lipinski definition) is 1. The van der Waals surface area contributed by atoms with E-state index in [9.17, 15) is 4.79 Å². The van der Waals surface area contributed by atoms with E-state index < -0.39 is 5.91 Å². The predicted molar refractivity (Wildman–Crippen MR) is 124 cm³/mol. The molecule has 6 nitrogen and oxygen atoms in total. The second kappa shape index (κ2) is 8.10. The van der Waals surface area contributed by atoms with Crippen molar-refractivity contribution in [3.05, 3.63) is 59.4 Å². The number of methoxy groups -OCH3 is 1. The Morgan fingerprint density at radius 3 is 2.87 bits per heavy atom. The molecule has 0 radical (unpaired) electrons. The van der Waals surface area contributed by atoms with E-state index in [1.165, 1.54) is 11.3 Å². The van der Waals surface area contributed by atoms with Gasteiger partial charge < -0.3 is 14.1 Å². The van der Waals surface area contributed by atoms with Crippen LogP contribution in [-0.2, 0) is 0 Å². The lowest BCUT2D eigenvalue weighted by atomic mass is 9.79. The van der Waals surface area contributed by atoms with Crippen LogP contribution in [-0.4, -0.2) is 31.3 Å². The van der Waals surface area contributed by atoms with Gasteiger partial charge in [-0.05, 0) is 68.5 Å². The fourth-order valence-electron chi connectivity index (χ4n) is 4.72. The van der Waals surface area contributed by atoms with Crippen LogP contribution in [0.25, 0.3) is 11.0 Å². The minimum absolute atomic E-state index is 0.139. The summed E-state index contributed by atoms with van der Waals surface area (Å²) in [6.45, 7) is 10.0. The van der Waals surface area contributed by atoms with E-state index in [-0.39, 0.29) is 11.3 Å². The van der Waals surface area contributed by atoms with Gasteiger partial charge in [0.25, 0.3) is 0 Å². The van der Waals surface area contributed by atoms with E-state index in [1.807, 2.05) is 18.2 Å². The summed E-state index contributed by atoms with van der Waals surface area (Å²) in [5.41, 5.74) is 6.80. The Hall–Kier alpha value is -3.28. The highest BCUT2D eigenvalue weighted by molar-refractivity contribution is 5.97. The largest absolute Gasteiger partial charge is 0.493 e. The molecule has 1 aliphatic heterocycles. The van der Waals surface area contributed by atoms with Crippen molar-refractivity contribution in [2.45, 2.75) is 45.6 Å². The van der Waals surface area contributed by atoms with Crippen LogP contribution in [0.2, 0.25) is 0 Å². The third-order valence-electron chi connectivity index (χ3n) is 6.06. The molecule has 0 aliphatic carbocycles. The van der Waals surface area contributed by atoms with Crippen molar-refractivity contribution in [1.29, 1.82) is 0 Å². The second-order valence-electron chi connectivity index (χ2n) is 8.67. The molecular formula is C25H29N3O3. The topological polar surface area (TPSA) is 67.1 Å². The van der Waals surface area contributed by atoms with E-state index in [1.54, 1.807) is 25.5 Å². The molecule has 1 atom stereocenters. The van der Waals surface area contributed by atoms with Crippen molar-refractivity contribution >= 4 is 28.8 Å². The first-order valence-corrected chi connectivity index (χ1v) is 10.7. The van der Waals surface area contributed by atoms with Crippen LogP contribution in [0.1, 0.15) is 61.7 Å². The van der Waals surface area contributed by atoms with E-state index in [4.69, 9.17) is 9.15 Å². The van der Waals surface area contributed by atoms with E-state index in [0.717, 1.165) is 23.9 Å². The zero-order chi connectivity index (χ0) is 22.2. The average Bonchev–Trinajstić information content (AvgIpc) is 3.18. The fourth-order valence-corrected chi connectivity index (χ4v) is 4.72. The lowest BCUT2D eigenvalue weighted by Gasteiger charge is -2.47. The molecular weight excluding hydrogens is 390 g/mol. The Morgan fingerprint density at radius 1 is 1.32 bits per heavy atom. The number of amides is 1. The molecule has 162 valence electrons. The molecule has 0 unspecified atom stereocenters. The summed E-state index contributed by atoms with van der Waals surface area (Å²) in [5, 5.41) is 4.95. The molecule has 4 rings (SSSR count). The van der Waals surface area contributed by atoms with Crippen LogP contribution < -0.4 is 15.1 Å². The van der Waals surface area contributed by atoms with Crippen LogP contribution in [0.4, 0.5) is 5.69 Å². The lowest BCUT2D eigenvalue weighted by molar-refractivity contribution is 0.0929. The first kappa shape index (κ1) is 21.0. The SMILES string of the molecule is CCN1c2ccc(/C=N\NC(=O)c3cc4cccc(OC)c4o3)cc2[C@@H](C)CC1(C)C. The Labute approximate surface area is 182 Å². The highest BCUT2D eigenvalue weighted by Crippen LogP contribution is 2.43. The van der Waals surface area contributed by atoms with Crippen molar-refractivity contribution in [2.75, 3.05) is 18.6 Å². The van der Waals surface area contributed by atoms with Gasteiger partial charge in [0.05, 0.1) is 13.3 Å². The smallest absolute Gasteiger partial charge is 0.307 e. The van der Waals surface area contributed by atoms with Gasteiger partial charge in [0, 0.05) is 23.2 Å². The fraction of sp³-hybridized carbons (Fsp3) is 0.360. The van der Waals surface area contributed by atoms with E-state index >= 15 is 0 Å². The Morgan fingerprint density at radius 2 is 2.13 bits per heavy atom. The zero-order valence-corrected chi connectivity index (χ0v) is 18.7. The quantitative estimate of drug-likeness (QED) is 0.449. The summed E-state index contributed by atoms with van der Waals surface area (Å²) in [6.07, 6.45) is 2.77. The van der Waals surface area contributed by atoms with Gasteiger partial charge in [-0.15, -0.1) is 0 Å². The van der Waals surface area contributed by atoms with Gasteiger partial charge >= 0.3 is 5.91 Å². The molecule has 0 spiro atoms. The van der Waals surface area contributed by atoms with E-state index in [2.05, 4.69) is 55.3 Å². The van der Waals surface area contributed by atoms with Gasteiger partial charge in [-0.3, -0.25) is 4.79 Å². The molecule has 0 saturated carbocycles. The number of hydrazone groups is 1. The summed E-state index contributed by atoms with van der Waals surface area (Å²) in [7, 11) is 1.57. The van der Waals surface area contributed by atoms with Gasteiger partial charge in [0.15, 0.2) is 17.1 Å². The second-order valence-corrected chi connectivity index (χ2v) is 8.67. The average molecular weight is 420 g/mol. The summed E-state index contributed by atoms with van der Waals surface area (Å²) in [5.74, 6) is 0.838. The van der Waals surface area contributed by atoms with Crippen molar-refractivity contribution in [2.24, 2.45) is 5.10 Å². The van der Waals surface area contributed by atoms with Gasteiger partial charge in [-0.25, -0.2) is 5.43 Å². The number of carbonyl (C=O) groups is 1. The molecule has 1 aromatic heterocycles. The molecule has 2 heterocycles. The number of nitrogens with one attached hydrogen (secondary N) is 1. The summed E-state index contributed by atoms with van der Waals surface area (Å²) in [4.78, 5) is 14.9. The van der Waals surface area contributed by atoms with E-state index in [0.29, 0.717) is 17.3 Å². The van der Waals surface area contributed by atoms with Gasteiger partial charge in [0.2, 0.25) is 0 Å². The Balaban J connectivity index is 1.51. The number of carbonyl (C=O) groups excluding carboxylic acids is 1. The third-order valence-corrected chi connectivity index (χ3v) is 6.06. The summed E-state index contributed by atoms with van der Waals surface area (Å²) >= 11 is 0. The number of para-hydroxylation sites is 1. The van der Waals surface area contributed by atoms with Crippen molar-refractivity contribution in [3.8, 4) is 5.75 Å². The Bertz CT molecular complexity index is 1150. The van der Waals surface area contributed by atoms with Crippen molar-refractivity contribution in [3.63, 3.8) is 0 Å². The predicted octanol–water partition coefficient (Wildman–Crippen LogP) is 5.32. The molecule has 0 bridgehead atoms. The number of nitrogens with zero attached hydrogens (tertiary/aromatic N) is 2. The van der Waals surface area contributed by atoms with Crippen LogP contribution in [0.3, 0.4) is 0 Å². The number of anilines is 1. The van der Waals surface area contributed by atoms with Crippen molar-refractivity contribution in [1.82, 2.24) is 5.43 Å². The van der Waals surface area contributed by atoms with Crippen molar-refractivity contribution < 1.29 is 13.9 Å². The van der Waals surface area contributed by atoms with Crippen LogP contribution in [0.5, 0.6) is 5.75 Å². The third kappa shape index (κ3) is 3.90. The molecule has 3 aromatic rings. The van der Waals surface area contributed by atoms with Crippen LogP contribution in [0.15, 0.2) is 52.0 Å². The molecule has 0 fully saturated rings. The number of ether oxygens (including phenoxy) is 1. The number of benzene rings is 2. The molecule has 31 heavy (non-hydrogen) atoms. The zero-order valence-electron chi connectivity index (χ0n) is 18.7. The van der Waals surface area contributed by atoms with Gasteiger partial charge in [0.1, 0.15) is 0 Å². The molecule has 1 amide bonds. The monoisotopic (exact) mass is 419 g/mol. The van der Waals surface area contributed by atoms with Crippen LogP contribution in [0, 0.1) is 0 Å². The molecule has 0 saturated heterocycles. The maximum atomic E-state index is 12.5. The summed E-state index contributed by atoms with van der Waals surface area (Å²) in [6, 6.07) is 13.6. The molecule has 1 aliphatic rings. The Kier molecular flexibility index (Phi) is 5.48. The highest BCUT2D eigenvalue weighted by Gasteiger charge is 2.35.